The van der Waals surface area contributed by atoms with E-state index in [0.717, 1.165) is 47.2 Å². The van der Waals surface area contributed by atoms with Crippen LogP contribution in [0.25, 0.3) is 10.9 Å². The quantitative estimate of drug-likeness (QED) is 0.440. The van der Waals surface area contributed by atoms with Gasteiger partial charge in [0.1, 0.15) is 5.00 Å². The summed E-state index contributed by atoms with van der Waals surface area (Å²) in [4.78, 5) is 30.6. The molecule has 7 heteroatoms. The third-order valence-corrected chi connectivity index (χ3v) is 7.10. The summed E-state index contributed by atoms with van der Waals surface area (Å²) in [7, 11) is 1.38. The molecule has 1 aromatic carbocycles. The molecular weight excluding hydrogens is 404 g/mol. The Bertz CT molecular complexity index is 1060. The summed E-state index contributed by atoms with van der Waals surface area (Å²) in [5, 5.41) is 5.58. The number of thiophene rings is 1. The van der Waals surface area contributed by atoms with Crippen molar-refractivity contribution in [2.45, 2.75) is 37.1 Å². The van der Waals surface area contributed by atoms with Crippen molar-refractivity contribution < 1.29 is 14.3 Å². The first kappa shape index (κ1) is 19.9. The summed E-state index contributed by atoms with van der Waals surface area (Å²) in [6, 6.07) is 12.0. The second-order valence-electron chi connectivity index (χ2n) is 6.90. The largest absolute Gasteiger partial charge is 0.465 e. The van der Waals surface area contributed by atoms with E-state index in [1.54, 1.807) is 11.8 Å². The first-order chi connectivity index (χ1) is 14.2. The number of carbonyl (C=O) groups excluding carboxylic acids is 2. The van der Waals surface area contributed by atoms with E-state index in [1.807, 2.05) is 36.4 Å². The van der Waals surface area contributed by atoms with Crippen LogP contribution in [0, 0.1) is 0 Å². The first-order valence-electron chi connectivity index (χ1n) is 9.67. The Labute approximate surface area is 177 Å². The Balaban J connectivity index is 1.39. The van der Waals surface area contributed by atoms with Crippen LogP contribution in [0.2, 0.25) is 0 Å². The number of pyridine rings is 1. The van der Waals surface area contributed by atoms with Crippen molar-refractivity contribution in [1.82, 2.24) is 4.98 Å². The number of amides is 1. The molecule has 2 aromatic heterocycles. The van der Waals surface area contributed by atoms with Gasteiger partial charge in [-0.2, -0.15) is 0 Å². The number of para-hydroxylation sites is 1. The van der Waals surface area contributed by atoms with E-state index in [0.29, 0.717) is 22.7 Å². The number of methoxy groups -OCH3 is 1. The van der Waals surface area contributed by atoms with Gasteiger partial charge in [0, 0.05) is 22.4 Å². The molecule has 0 radical (unpaired) electrons. The van der Waals surface area contributed by atoms with Crippen LogP contribution in [0.3, 0.4) is 0 Å². The number of ether oxygens (including phenoxy) is 1. The average molecular weight is 427 g/mol. The van der Waals surface area contributed by atoms with Crippen molar-refractivity contribution in [3.05, 3.63) is 52.4 Å². The predicted octanol–water partition coefficient (Wildman–Crippen LogP) is 5.08. The second-order valence-corrected chi connectivity index (χ2v) is 9.12. The van der Waals surface area contributed by atoms with Crippen molar-refractivity contribution >= 4 is 50.9 Å². The standard InChI is InChI=1S/C22H22N2O3S2/c1-27-22(26)20-15-7-3-5-9-17(15)29-21(20)24-18(25)12-13-28-19-11-10-14-6-2-4-8-16(14)23-19/h2,4,6,8,10-11H,3,5,7,9,12-13H2,1H3,(H,24,25). The molecule has 1 aliphatic carbocycles. The number of nitrogens with one attached hydrogen (secondary N) is 1. The van der Waals surface area contributed by atoms with Crippen LogP contribution < -0.4 is 5.32 Å². The van der Waals surface area contributed by atoms with E-state index >= 15 is 0 Å². The monoisotopic (exact) mass is 426 g/mol. The number of aromatic nitrogens is 1. The molecule has 0 aliphatic heterocycles. The van der Waals surface area contributed by atoms with Gasteiger partial charge in [0.05, 0.1) is 23.2 Å². The van der Waals surface area contributed by atoms with Gasteiger partial charge in [-0.15, -0.1) is 23.1 Å². The molecule has 0 atom stereocenters. The zero-order valence-electron chi connectivity index (χ0n) is 16.2. The SMILES string of the molecule is COC(=O)c1c(NC(=O)CCSc2ccc3ccccc3n2)sc2c1CCCC2. The van der Waals surface area contributed by atoms with Gasteiger partial charge in [0.2, 0.25) is 5.91 Å². The van der Waals surface area contributed by atoms with Gasteiger partial charge < -0.3 is 10.1 Å². The maximum atomic E-state index is 12.5. The topological polar surface area (TPSA) is 68.3 Å². The minimum atomic E-state index is -0.366. The third-order valence-electron chi connectivity index (χ3n) is 4.97. The third kappa shape index (κ3) is 4.46. The van der Waals surface area contributed by atoms with Gasteiger partial charge in [0.15, 0.2) is 0 Å². The van der Waals surface area contributed by atoms with Crippen molar-refractivity contribution in [2.75, 3.05) is 18.2 Å². The van der Waals surface area contributed by atoms with Crippen LogP contribution in [-0.4, -0.2) is 29.7 Å². The molecule has 1 amide bonds. The van der Waals surface area contributed by atoms with Gasteiger partial charge in [-0.25, -0.2) is 9.78 Å². The molecular formula is C22H22N2O3S2. The van der Waals surface area contributed by atoms with Gasteiger partial charge in [-0.1, -0.05) is 24.3 Å². The van der Waals surface area contributed by atoms with Crippen LogP contribution in [-0.2, 0) is 22.4 Å². The molecule has 1 N–H and O–H groups in total. The first-order valence-corrected chi connectivity index (χ1v) is 11.5. The molecule has 0 bridgehead atoms. The van der Waals surface area contributed by atoms with Crippen molar-refractivity contribution in [3.63, 3.8) is 0 Å². The molecule has 5 nitrogen and oxygen atoms in total. The summed E-state index contributed by atoms with van der Waals surface area (Å²) in [6.45, 7) is 0. The molecule has 150 valence electrons. The lowest BCUT2D eigenvalue weighted by atomic mass is 9.95. The van der Waals surface area contributed by atoms with Crippen molar-refractivity contribution in [2.24, 2.45) is 0 Å². The molecule has 0 saturated carbocycles. The minimum absolute atomic E-state index is 0.0953. The van der Waals surface area contributed by atoms with Gasteiger partial charge in [-0.05, 0) is 43.4 Å². The molecule has 1 aliphatic rings. The van der Waals surface area contributed by atoms with Crippen LogP contribution in [0.5, 0.6) is 0 Å². The maximum Gasteiger partial charge on any atom is 0.341 e. The van der Waals surface area contributed by atoms with Crippen molar-refractivity contribution in [3.8, 4) is 0 Å². The van der Waals surface area contributed by atoms with Crippen molar-refractivity contribution in [1.29, 1.82) is 0 Å². The average Bonchev–Trinajstić information content (AvgIpc) is 3.10. The van der Waals surface area contributed by atoms with E-state index in [-0.39, 0.29) is 11.9 Å². The molecule has 0 fully saturated rings. The lowest BCUT2D eigenvalue weighted by molar-refractivity contribution is -0.115. The molecule has 0 saturated heterocycles. The highest BCUT2D eigenvalue weighted by molar-refractivity contribution is 7.99. The van der Waals surface area contributed by atoms with Crippen LogP contribution in [0.4, 0.5) is 5.00 Å². The summed E-state index contributed by atoms with van der Waals surface area (Å²) in [5.41, 5.74) is 2.55. The minimum Gasteiger partial charge on any atom is -0.465 e. The van der Waals surface area contributed by atoms with Crippen LogP contribution >= 0.6 is 23.1 Å². The number of hydrogen-bond donors (Lipinski definition) is 1. The van der Waals surface area contributed by atoms with Gasteiger partial charge in [0.25, 0.3) is 0 Å². The summed E-state index contributed by atoms with van der Waals surface area (Å²) in [5.74, 6) is 0.159. The molecule has 3 aromatic rings. The molecule has 4 rings (SSSR count). The van der Waals surface area contributed by atoms with Crippen LogP contribution in [0.15, 0.2) is 41.4 Å². The van der Waals surface area contributed by atoms with E-state index in [9.17, 15) is 9.59 Å². The fourth-order valence-electron chi connectivity index (χ4n) is 3.54. The predicted molar refractivity (Wildman–Crippen MR) is 118 cm³/mol. The lowest BCUT2D eigenvalue weighted by Crippen LogP contribution is -2.15. The van der Waals surface area contributed by atoms with E-state index in [4.69, 9.17) is 4.74 Å². The van der Waals surface area contributed by atoms with Crippen LogP contribution in [0.1, 0.15) is 40.1 Å². The highest BCUT2D eigenvalue weighted by Gasteiger charge is 2.26. The number of rotatable bonds is 6. The molecule has 2 heterocycles. The zero-order chi connectivity index (χ0) is 20.2. The van der Waals surface area contributed by atoms with Gasteiger partial charge in [-0.3, -0.25) is 4.79 Å². The number of nitrogens with zero attached hydrogens (tertiary/aromatic N) is 1. The number of esters is 1. The molecule has 29 heavy (non-hydrogen) atoms. The number of aryl methyl sites for hydroxylation is 1. The fourth-order valence-corrected chi connectivity index (χ4v) is 5.65. The number of benzene rings is 1. The smallest absolute Gasteiger partial charge is 0.341 e. The Morgan fingerprint density at radius 3 is 2.86 bits per heavy atom. The number of carbonyl (C=O) groups is 2. The Kier molecular flexibility index (Phi) is 6.16. The highest BCUT2D eigenvalue weighted by atomic mass is 32.2. The number of hydrogen-bond acceptors (Lipinski definition) is 6. The van der Waals surface area contributed by atoms with E-state index in [2.05, 4.69) is 10.3 Å². The fraction of sp³-hybridized carbons (Fsp3) is 0.318. The molecule has 0 unspecified atom stereocenters. The summed E-state index contributed by atoms with van der Waals surface area (Å²) < 4.78 is 4.96. The Morgan fingerprint density at radius 2 is 2.00 bits per heavy atom. The lowest BCUT2D eigenvalue weighted by Gasteiger charge is -2.11. The number of anilines is 1. The van der Waals surface area contributed by atoms with E-state index < -0.39 is 0 Å². The Morgan fingerprint density at radius 1 is 1.17 bits per heavy atom. The van der Waals surface area contributed by atoms with E-state index in [1.165, 1.54) is 23.3 Å². The maximum absolute atomic E-state index is 12.5. The molecule has 0 spiro atoms. The Hall–Kier alpha value is -2.38. The number of fused-ring (bicyclic) bond motifs is 2. The summed E-state index contributed by atoms with van der Waals surface area (Å²) in [6.07, 6.45) is 4.37. The van der Waals surface area contributed by atoms with Gasteiger partial charge >= 0.3 is 5.97 Å². The second kappa shape index (κ2) is 8.97. The number of thioether (sulfide) groups is 1. The normalized spacial score (nSPS) is 13.1. The highest BCUT2D eigenvalue weighted by Crippen LogP contribution is 2.38. The zero-order valence-corrected chi connectivity index (χ0v) is 17.8. The summed E-state index contributed by atoms with van der Waals surface area (Å²) >= 11 is 3.07.